The van der Waals surface area contributed by atoms with E-state index in [0.717, 1.165) is 12.0 Å². The molecule has 0 heterocycles. The fraction of sp³-hybridized carbons (Fsp3) is 0.375. The van der Waals surface area contributed by atoms with Crippen LogP contribution in [-0.4, -0.2) is 17.8 Å². The van der Waals surface area contributed by atoms with Crippen molar-refractivity contribution in [2.75, 3.05) is 12.0 Å². The Morgan fingerprint density at radius 3 is 3.10 bits per heavy atom. The van der Waals surface area contributed by atoms with Crippen molar-refractivity contribution in [1.82, 2.24) is 0 Å². The summed E-state index contributed by atoms with van der Waals surface area (Å²) in [5, 5.41) is 0. The third kappa shape index (κ3) is 1.74. The molecular weight excluding hydrogens is 144 g/mol. The second kappa shape index (κ2) is 3.62. The minimum absolute atomic E-state index is 0.275. The van der Waals surface area contributed by atoms with Crippen LogP contribution in [0.1, 0.15) is 6.42 Å². The normalized spacial score (nSPS) is 15.5. The number of allylic oxidation sites excluding steroid dienone is 4. The zero-order valence-corrected chi connectivity index (χ0v) is 6.78. The number of carbonyl (C=O) groups is 1. The van der Waals surface area contributed by atoms with Crippen molar-refractivity contribution in [3.8, 4) is 0 Å². The van der Waals surface area contributed by atoms with Crippen LogP contribution in [0.15, 0.2) is 23.8 Å². The first-order valence-electron chi connectivity index (χ1n) is 3.22. The highest BCUT2D eigenvalue weighted by Gasteiger charge is 2.08. The van der Waals surface area contributed by atoms with E-state index in [9.17, 15) is 4.79 Å². The van der Waals surface area contributed by atoms with E-state index in [1.54, 1.807) is 11.8 Å². The van der Waals surface area contributed by atoms with Crippen LogP contribution < -0.4 is 0 Å². The van der Waals surface area contributed by atoms with Crippen molar-refractivity contribution in [1.29, 1.82) is 0 Å². The van der Waals surface area contributed by atoms with E-state index in [1.165, 1.54) is 0 Å². The Bertz CT molecular complexity index is 191. The molecule has 0 N–H and O–H groups in total. The maximum Gasteiger partial charge on any atom is 0.169 e. The minimum atomic E-state index is 0.275. The number of rotatable bonds is 3. The number of thioether (sulfide) groups is 1. The lowest BCUT2D eigenvalue weighted by atomic mass is 10.2. The zero-order valence-electron chi connectivity index (χ0n) is 5.96. The molecule has 0 aromatic carbocycles. The van der Waals surface area contributed by atoms with Crippen molar-refractivity contribution in [3.63, 3.8) is 0 Å². The van der Waals surface area contributed by atoms with Gasteiger partial charge in [0.2, 0.25) is 0 Å². The number of Topliss-reactive ketones (excluding diaryl/α,β-unsaturated/α-hetero) is 1. The molecule has 0 aromatic rings. The predicted octanol–water partition coefficient (Wildman–Crippen LogP) is 1.80. The van der Waals surface area contributed by atoms with Crippen molar-refractivity contribution in [2.24, 2.45) is 0 Å². The largest absolute Gasteiger partial charge is 0.294 e. The van der Waals surface area contributed by atoms with Crippen LogP contribution in [0.5, 0.6) is 0 Å². The molecule has 1 aliphatic rings. The predicted molar refractivity (Wildman–Crippen MR) is 45.2 cm³/mol. The van der Waals surface area contributed by atoms with Crippen molar-refractivity contribution in [2.45, 2.75) is 6.42 Å². The van der Waals surface area contributed by atoms with Crippen LogP contribution in [0.25, 0.3) is 0 Å². The van der Waals surface area contributed by atoms with Crippen LogP contribution in [-0.2, 0) is 4.79 Å². The first kappa shape index (κ1) is 7.61. The van der Waals surface area contributed by atoms with Crippen LogP contribution >= 0.6 is 11.8 Å². The van der Waals surface area contributed by atoms with E-state index in [4.69, 9.17) is 0 Å². The molecule has 0 aliphatic heterocycles. The van der Waals surface area contributed by atoms with E-state index in [1.807, 2.05) is 24.5 Å². The maximum atomic E-state index is 11.1. The van der Waals surface area contributed by atoms with Gasteiger partial charge in [-0.05, 0) is 18.2 Å². The van der Waals surface area contributed by atoms with E-state index in [-0.39, 0.29) is 5.78 Å². The third-order valence-corrected chi connectivity index (χ3v) is 1.96. The van der Waals surface area contributed by atoms with E-state index >= 15 is 0 Å². The average Bonchev–Trinajstić information content (AvgIpc) is 2.38. The molecule has 10 heavy (non-hydrogen) atoms. The summed E-state index contributed by atoms with van der Waals surface area (Å²) in [7, 11) is 0. The first-order chi connectivity index (χ1) is 4.84. The summed E-state index contributed by atoms with van der Waals surface area (Å²) in [6.45, 7) is 0. The highest BCUT2D eigenvalue weighted by Crippen LogP contribution is 2.12. The minimum Gasteiger partial charge on any atom is -0.294 e. The second-order valence-corrected chi connectivity index (χ2v) is 3.05. The summed E-state index contributed by atoms with van der Waals surface area (Å²) in [6, 6.07) is 0. The molecule has 0 spiro atoms. The quantitative estimate of drug-likeness (QED) is 0.616. The van der Waals surface area contributed by atoms with E-state index < -0.39 is 0 Å². The molecule has 0 aromatic heterocycles. The summed E-state index contributed by atoms with van der Waals surface area (Å²) in [6.07, 6.45) is 8.62. The Morgan fingerprint density at radius 1 is 1.80 bits per heavy atom. The molecule has 0 saturated carbocycles. The molecule has 0 atom stereocenters. The molecular formula is C8H10OS. The molecule has 0 fully saturated rings. The number of hydrogen-bond donors (Lipinski definition) is 0. The van der Waals surface area contributed by atoms with Crippen molar-refractivity contribution in [3.05, 3.63) is 23.8 Å². The van der Waals surface area contributed by atoms with Crippen LogP contribution in [0.4, 0.5) is 0 Å². The van der Waals surface area contributed by atoms with Gasteiger partial charge in [0.05, 0.1) is 5.75 Å². The number of ketones is 1. The molecule has 0 amide bonds. The third-order valence-electron chi connectivity index (χ3n) is 1.40. The van der Waals surface area contributed by atoms with Gasteiger partial charge < -0.3 is 0 Å². The summed E-state index contributed by atoms with van der Waals surface area (Å²) in [5.41, 5.74) is 0.953. The number of hydrogen-bond acceptors (Lipinski definition) is 2. The molecule has 0 bridgehead atoms. The van der Waals surface area contributed by atoms with Gasteiger partial charge in [0.15, 0.2) is 5.78 Å². The van der Waals surface area contributed by atoms with Gasteiger partial charge in [-0.3, -0.25) is 4.79 Å². The Balaban J connectivity index is 2.43. The Kier molecular flexibility index (Phi) is 2.75. The Morgan fingerprint density at radius 2 is 2.60 bits per heavy atom. The summed E-state index contributed by atoms with van der Waals surface area (Å²) in [4.78, 5) is 11.1. The molecule has 0 radical (unpaired) electrons. The molecule has 0 saturated heterocycles. The SMILES string of the molecule is CSCC(=O)C1=CC=CC1. The smallest absolute Gasteiger partial charge is 0.169 e. The average molecular weight is 154 g/mol. The molecule has 1 rings (SSSR count). The van der Waals surface area contributed by atoms with E-state index in [2.05, 4.69) is 0 Å². The second-order valence-electron chi connectivity index (χ2n) is 2.18. The Hall–Kier alpha value is -0.500. The van der Waals surface area contributed by atoms with Gasteiger partial charge in [-0.1, -0.05) is 18.2 Å². The van der Waals surface area contributed by atoms with Crippen molar-refractivity contribution >= 4 is 17.5 Å². The zero-order chi connectivity index (χ0) is 7.40. The lowest BCUT2D eigenvalue weighted by molar-refractivity contribution is -0.113. The van der Waals surface area contributed by atoms with Gasteiger partial charge >= 0.3 is 0 Å². The highest BCUT2D eigenvalue weighted by atomic mass is 32.2. The summed E-state index contributed by atoms with van der Waals surface area (Å²) in [5.74, 6) is 0.894. The summed E-state index contributed by atoms with van der Waals surface area (Å²) < 4.78 is 0. The van der Waals surface area contributed by atoms with Crippen molar-refractivity contribution < 1.29 is 4.79 Å². The standard InChI is InChI=1S/C8H10OS/c1-10-6-8(9)7-4-2-3-5-7/h2-4H,5-6H2,1H3. The molecule has 1 nitrogen and oxygen atoms in total. The fourth-order valence-electron chi connectivity index (χ4n) is 0.878. The van der Waals surface area contributed by atoms with Gasteiger partial charge in [-0.25, -0.2) is 0 Å². The lowest BCUT2D eigenvalue weighted by Crippen LogP contribution is -2.02. The lowest BCUT2D eigenvalue weighted by Gasteiger charge is -1.96. The van der Waals surface area contributed by atoms with Gasteiger partial charge in [0.25, 0.3) is 0 Å². The van der Waals surface area contributed by atoms with Crippen LogP contribution in [0.3, 0.4) is 0 Å². The topological polar surface area (TPSA) is 17.1 Å². The highest BCUT2D eigenvalue weighted by molar-refractivity contribution is 7.99. The van der Waals surface area contributed by atoms with Gasteiger partial charge in [0.1, 0.15) is 0 Å². The molecule has 2 heteroatoms. The molecule has 54 valence electrons. The maximum absolute atomic E-state index is 11.1. The first-order valence-corrected chi connectivity index (χ1v) is 4.62. The monoisotopic (exact) mass is 154 g/mol. The van der Waals surface area contributed by atoms with Gasteiger partial charge in [0, 0.05) is 0 Å². The molecule has 1 aliphatic carbocycles. The van der Waals surface area contributed by atoms with E-state index in [0.29, 0.717) is 5.75 Å². The summed E-state index contributed by atoms with van der Waals surface area (Å²) >= 11 is 1.58. The van der Waals surface area contributed by atoms with Crippen LogP contribution in [0, 0.1) is 0 Å². The molecule has 0 unspecified atom stereocenters. The Labute approximate surface area is 65.2 Å². The van der Waals surface area contributed by atoms with Gasteiger partial charge in [-0.15, -0.1) is 0 Å². The van der Waals surface area contributed by atoms with Gasteiger partial charge in [-0.2, -0.15) is 11.8 Å². The fourth-order valence-corrected chi connectivity index (χ4v) is 1.33. The number of carbonyl (C=O) groups excluding carboxylic acids is 1. The van der Waals surface area contributed by atoms with Crippen LogP contribution in [0.2, 0.25) is 0 Å².